The van der Waals surface area contributed by atoms with Crippen molar-refractivity contribution in [3.8, 4) is 0 Å². The molecule has 0 spiro atoms. The molecule has 20 heavy (non-hydrogen) atoms. The lowest BCUT2D eigenvalue weighted by Gasteiger charge is -2.35. The molecule has 0 amide bonds. The normalized spacial score (nSPS) is 18.4. The Kier molecular flexibility index (Phi) is 4.75. The van der Waals surface area contributed by atoms with Gasteiger partial charge < -0.3 is 14.0 Å². The first-order valence-corrected chi connectivity index (χ1v) is 7.22. The van der Waals surface area contributed by atoms with E-state index in [1.807, 2.05) is 0 Å². The Hall–Kier alpha value is -1.43. The maximum atomic E-state index is 12.1. The molecular formula is C14H22N2O4. The van der Waals surface area contributed by atoms with Crippen LogP contribution in [-0.2, 0) is 19.7 Å². The molecule has 1 aliphatic carbocycles. The topological polar surface area (TPSA) is 74.5 Å². The van der Waals surface area contributed by atoms with Gasteiger partial charge in [0.2, 0.25) is 11.7 Å². The van der Waals surface area contributed by atoms with Gasteiger partial charge in [-0.2, -0.15) is 4.98 Å². The molecule has 6 heteroatoms. The molecule has 1 heterocycles. The van der Waals surface area contributed by atoms with Crippen molar-refractivity contribution in [2.75, 3.05) is 13.7 Å². The number of carbonyl (C=O) groups is 1. The Labute approximate surface area is 118 Å². The third kappa shape index (κ3) is 2.57. The van der Waals surface area contributed by atoms with E-state index < -0.39 is 5.41 Å². The number of hydrogen-bond acceptors (Lipinski definition) is 6. The fraction of sp³-hybridized carbons (Fsp3) is 0.786. The van der Waals surface area contributed by atoms with Crippen molar-refractivity contribution in [2.24, 2.45) is 0 Å². The minimum atomic E-state index is -0.730. The molecule has 2 rings (SSSR count). The molecule has 0 saturated heterocycles. The summed E-state index contributed by atoms with van der Waals surface area (Å²) in [6, 6.07) is 0. The van der Waals surface area contributed by atoms with Crippen LogP contribution in [0.2, 0.25) is 0 Å². The van der Waals surface area contributed by atoms with E-state index in [1.54, 1.807) is 14.0 Å². The van der Waals surface area contributed by atoms with Crippen LogP contribution in [0.15, 0.2) is 4.52 Å². The zero-order chi connectivity index (χ0) is 14.6. The van der Waals surface area contributed by atoms with E-state index in [9.17, 15) is 4.79 Å². The van der Waals surface area contributed by atoms with Gasteiger partial charge in [0, 0.05) is 7.11 Å². The quantitative estimate of drug-likeness (QED) is 0.715. The predicted molar refractivity (Wildman–Crippen MR) is 71.1 cm³/mol. The SMILES string of the molecule is CCCC(OC)c1noc(C2(C(=O)OCC)CCC2)n1. The summed E-state index contributed by atoms with van der Waals surface area (Å²) < 4.78 is 15.8. The van der Waals surface area contributed by atoms with Gasteiger partial charge in [-0.3, -0.25) is 4.79 Å². The van der Waals surface area contributed by atoms with Crippen molar-refractivity contribution < 1.29 is 18.8 Å². The zero-order valence-electron chi connectivity index (χ0n) is 12.3. The Morgan fingerprint density at radius 2 is 2.20 bits per heavy atom. The minimum Gasteiger partial charge on any atom is -0.465 e. The van der Waals surface area contributed by atoms with Crippen LogP contribution >= 0.6 is 0 Å². The van der Waals surface area contributed by atoms with Crippen molar-refractivity contribution in [3.05, 3.63) is 11.7 Å². The number of aromatic nitrogens is 2. The summed E-state index contributed by atoms with van der Waals surface area (Å²) in [5.41, 5.74) is -0.730. The fourth-order valence-electron chi connectivity index (χ4n) is 2.48. The van der Waals surface area contributed by atoms with E-state index in [-0.39, 0.29) is 12.1 Å². The van der Waals surface area contributed by atoms with Crippen LogP contribution in [-0.4, -0.2) is 29.8 Å². The second kappa shape index (κ2) is 6.35. The van der Waals surface area contributed by atoms with Gasteiger partial charge in [0.1, 0.15) is 11.5 Å². The summed E-state index contributed by atoms with van der Waals surface area (Å²) in [5, 5.41) is 3.98. The van der Waals surface area contributed by atoms with Gasteiger partial charge in [-0.1, -0.05) is 24.9 Å². The maximum Gasteiger partial charge on any atom is 0.321 e. The van der Waals surface area contributed by atoms with Gasteiger partial charge in [0.05, 0.1) is 6.61 Å². The molecule has 0 N–H and O–H groups in total. The van der Waals surface area contributed by atoms with Gasteiger partial charge >= 0.3 is 5.97 Å². The Morgan fingerprint density at radius 1 is 1.45 bits per heavy atom. The van der Waals surface area contributed by atoms with E-state index in [2.05, 4.69) is 17.1 Å². The monoisotopic (exact) mass is 282 g/mol. The first-order chi connectivity index (χ1) is 9.67. The molecule has 1 atom stereocenters. The first-order valence-electron chi connectivity index (χ1n) is 7.22. The molecule has 1 aromatic heterocycles. The first kappa shape index (κ1) is 15.0. The highest BCUT2D eigenvalue weighted by molar-refractivity contribution is 5.82. The van der Waals surface area contributed by atoms with Crippen molar-refractivity contribution in [1.82, 2.24) is 10.1 Å². The maximum absolute atomic E-state index is 12.1. The van der Waals surface area contributed by atoms with Crippen LogP contribution < -0.4 is 0 Å². The molecule has 112 valence electrons. The molecule has 0 aliphatic heterocycles. The summed E-state index contributed by atoms with van der Waals surface area (Å²) in [6.45, 7) is 4.23. The molecule has 0 radical (unpaired) electrons. The highest BCUT2D eigenvalue weighted by Crippen LogP contribution is 2.44. The lowest BCUT2D eigenvalue weighted by Crippen LogP contribution is -2.44. The lowest BCUT2D eigenvalue weighted by molar-refractivity contribution is -0.155. The van der Waals surface area contributed by atoms with Crippen LogP contribution in [0.25, 0.3) is 0 Å². The van der Waals surface area contributed by atoms with Gasteiger partial charge in [-0.25, -0.2) is 0 Å². The number of hydrogen-bond donors (Lipinski definition) is 0. The van der Waals surface area contributed by atoms with Gasteiger partial charge in [-0.15, -0.1) is 0 Å². The average molecular weight is 282 g/mol. The van der Waals surface area contributed by atoms with E-state index in [0.717, 1.165) is 19.3 Å². The van der Waals surface area contributed by atoms with Gasteiger partial charge in [0.15, 0.2) is 0 Å². The number of esters is 1. The van der Waals surface area contributed by atoms with Crippen LogP contribution in [0.1, 0.15) is 63.8 Å². The highest BCUT2D eigenvalue weighted by Gasteiger charge is 2.52. The summed E-state index contributed by atoms with van der Waals surface area (Å²) in [4.78, 5) is 16.5. The minimum absolute atomic E-state index is 0.183. The van der Waals surface area contributed by atoms with Crippen LogP contribution in [0, 0.1) is 0 Å². The zero-order valence-corrected chi connectivity index (χ0v) is 12.3. The number of carbonyl (C=O) groups excluding carboxylic acids is 1. The standard InChI is InChI=1S/C14H22N2O4/c1-4-7-10(18-3)11-15-12(20-16-11)14(8-6-9-14)13(17)19-5-2/h10H,4-9H2,1-3H3. The number of methoxy groups -OCH3 is 1. The van der Waals surface area contributed by atoms with E-state index >= 15 is 0 Å². The molecule has 1 aliphatic rings. The third-order valence-corrected chi connectivity index (χ3v) is 3.85. The second-order valence-corrected chi connectivity index (χ2v) is 5.13. The molecule has 1 aromatic rings. The molecule has 1 saturated carbocycles. The highest BCUT2D eigenvalue weighted by atomic mass is 16.5. The Morgan fingerprint density at radius 3 is 2.70 bits per heavy atom. The molecule has 1 fully saturated rings. The van der Waals surface area contributed by atoms with E-state index in [4.69, 9.17) is 14.0 Å². The largest absolute Gasteiger partial charge is 0.465 e. The fourth-order valence-corrected chi connectivity index (χ4v) is 2.48. The lowest BCUT2D eigenvalue weighted by atomic mass is 9.68. The molecule has 0 bridgehead atoms. The molecule has 0 aromatic carbocycles. The van der Waals surface area contributed by atoms with E-state index in [0.29, 0.717) is 31.2 Å². The van der Waals surface area contributed by atoms with Crippen LogP contribution in [0.5, 0.6) is 0 Å². The Balaban J connectivity index is 2.20. The number of nitrogens with zero attached hydrogens (tertiary/aromatic N) is 2. The van der Waals surface area contributed by atoms with Crippen LogP contribution in [0.4, 0.5) is 0 Å². The summed E-state index contributed by atoms with van der Waals surface area (Å²) in [6.07, 6.45) is 3.99. The second-order valence-electron chi connectivity index (χ2n) is 5.13. The van der Waals surface area contributed by atoms with Crippen molar-refractivity contribution in [1.29, 1.82) is 0 Å². The Bertz CT molecular complexity index is 454. The molecular weight excluding hydrogens is 260 g/mol. The predicted octanol–water partition coefficient (Wildman–Crippen LogP) is 2.54. The van der Waals surface area contributed by atoms with Gasteiger partial charge in [-0.05, 0) is 26.2 Å². The van der Waals surface area contributed by atoms with Crippen molar-refractivity contribution >= 4 is 5.97 Å². The summed E-state index contributed by atoms with van der Waals surface area (Å²) in [5.74, 6) is 0.626. The van der Waals surface area contributed by atoms with Crippen molar-refractivity contribution in [3.63, 3.8) is 0 Å². The number of rotatable bonds is 7. The average Bonchev–Trinajstić information content (AvgIpc) is 2.84. The van der Waals surface area contributed by atoms with E-state index in [1.165, 1.54) is 0 Å². The van der Waals surface area contributed by atoms with Crippen molar-refractivity contribution in [2.45, 2.75) is 57.5 Å². The smallest absolute Gasteiger partial charge is 0.321 e. The van der Waals surface area contributed by atoms with Crippen LogP contribution in [0.3, 0.4) is 0 Å². The number of ether oxygens (including phenoxy) is 2. The molecule has 6 nitrogen and oxygen atoms in total. The third-order valence-electron chi connectivity index (χ3n) is 3.85. The summed E-state index contributed by atoms with van der Waals surface area (Å²) >= 11 is 0. The van der Waals surface area contributed by atoms with Gasteiger partial charge in [0.25, 0.3) is 0 Å². The molecule has 1 unspecified atom stereocenters. The summed E-state index contributed by atoms with van der Waals surface area (Å²) in [7, 11) is 1.63.